The number of hydrogen-bond acceptors (Lipinski definition) is 4. The highest BCUT2D eigenvalue weighted by Gasteiger charge is 2.09. The van der Waals surface area contributed by atoms with E-state index in [1.165, 1.54) is 5.01 Å². The van der Waals surface area contributed by atoms with E-state index in [9.17, 15) is 0 Å². The molecule has 3 nitrogen and oxygen atoms in total. The summed E-state index contributed by atoms with van der Waals surface area (Å²) >= 11 is 1.72. The predicted octanol–water partition coefficient (Wildman–Crippen LogP) is 3.75. The highest BCUT2D eigenvalue weighted by Crippen LogP contribution is 2.30. The van der Waals surface area contributed by atoms with Gasteiger partial charge in [0, 0.05) is 30.0 Å². The van der Waals surface area contributed by atoms with Crippen molar-refractivity contribution in [2.24, 2.45) is 0 Å². The number of para-hydroxylation sites is 1. The van der Waals surface area contributed by atoms with Gasteiger partial charge in [0.15, 0.2) is 0 Å². The summed E-state index contributed by atoms with van der Waals surface area (Å²) in [7, 11) is 1.70. The number of nitrogens with one attached hydrogen (secondary N) is 1. The van der Waals surface area contributed by atoms with Gasteiger partial charge >= 0.3 is 0 Å². The van der Waals surface area contributed by atoms with E-state index in [1.807, 2.05) is 18.2 Å². The molecule has 1 N–H and O–H groups in total. The van der Waals surface area contributed by atoms with E-state index >= 15 is 0 Å². The zero-order valence-electron chi connectivity index (χ0n) is 12.3. The van der Waals surface area contributed by atoms with E-state index < -0.39 is 0 Å². The molecule has 0 fully saturated rings. The van der Waals surface area contributed by atoms with E-state index in [4.69, 9.17) is 9.72 Å². The van der Waals surface area contributed by atoms with Crippen LogP contribution in [0.15, 0.2) is 29.6 Å². The van der Waals surface area contributed by atoms with Crippen LogP contribution in [0, 0.1) is 0 Å². The molecular formula is C16H22N2OS. The van der Waals surface area contributed by atoms with Gasteiger partial charge in [-0.05, 0) is 25.5 Å². The summed E-state index contributed by atoms with van der Waals surface area (Å²) in [6.45, 7) is 5.39. The molecule has 0 bridgehead atoms. The fraction of sp³-hybridized carbons (Fsp3) is 0.438. The molecule has 20 heavy (non-hydrogen) atoms. The molecule has 0 saturated heterocycles. The number of thiazole rings is 1. The Balaban J connectivity index is 2.01. The third-order valence-corrected chi connectivity index (χ3v) is 4.29. The first-order chi connectivity index (χ1) is 9.74. The van der Waals surface area contributed by atoms with E-state index in [-0.39, 0.29) is 0 Å². The van der Waals surface area contributed by atoms with Crippen molar-refractivity contribution in [1.82, 2.24) is 10.3 Å². The topological polar surface area (TPSA) is 34.2 Å². The number of aromatic nitrogens is 1. The van der Waals surface area contributed by atoms with Crippen molar-refractivity contribution in [3.8, 4) is 17.0 Å². The molecule has 0 saturated carbocycles. The molecule has 2 rings (SSSR count). The lowest BCUT2D eigenvalue weighted by Gasteiger charge is -2.09. The minimum absolute atomic E-state index is 0.573. The number of methoxy groups -OCH3 is 1. The Morgan fingerprint density at radius 2 is 2.15 bits per heavy atom. The van der Waals surface area contributed by atoms with Crippen molar-refractivity contribution in [3.63, 3.8) is 0 Å². The quantitative estimate of drug-likeness (QED) is 0.843. The van der Waals surface area contributed by atoms with Gasteiger partial charge < -0.3 is 10.1 Å². The molecule has 0 aliphatic carbocycles. The summed E-state index contributed by atoms with van der Waals surface area (Å²) in [5, 5.41) is 6.77. The lowest BCUT2D eigenvalue weighted by molar-refractivity contribution is 0.416. The SMILES string of the molecule is CCC(C)NCCc1nc(-c2ccccc2OC)cs1. The maximum absolute atomic E-state index is 5.39. The number of rotatable bonds is 7. The highest BCUT2D eigenvalue weighted by atomic mass is 32.1. The molecule has 1 atom stereocenters. The van der Waals surface area contributed by atoms with Crippen LogP contribution in [-0.2, 0) is 6.42 Å². The minimum atomic E-state index is 0.573. The summed E-state index contributed by atoms with van der Waals surface area (Å²) in [6.07, 6.45) is 2.13. The van der Waals surface area contributed by atoms with Gasteiger partial charge in [-0.3, -0.25) is 0 Å². The molecule has 0 radical (unpaired) electrons. The van der Waals surface area contributed by atoms with Crippen molar-refractivity contribution >= 4 is 11.3 Å². The first kappa shape index (κ1) is 15.0. The van der Waals surface area contributed by atoms with Gasteiger partial charge in [-0.15, -0.1) is 11.3 Å². The second-order valence-electron chi connectivity index (χ2n) is 4.84. The van der Waals surface area contributed by atoms with Crippen molar-refractivity contribution in [1.29, 1.82) is 0 Å². The largest absolute Gasteiger partial charge is 0.496 e. The molecule has 0 amide bonds. The van der Waals surface area contributed by atoms with Crippen LogP contribution in [-0.4, -0.2) is 24.7 Å². The average molecular weight is 290 g/mol. The first-order valence-electron chi connectivity index (χ1n) is 7.05. The summed E-state index contributed by atoms with van der Waals surface area (Å²) in [5.41, 5.74) is 2.07. The van der Waals surface area contributed by atoms with Crippen LogP contribution in [0.25, 0.3) is 11.3 Å². The number of hydrogen-bond donors (Lipinski definition) is 1. The van der Waals surface area contributed by atoms with Crippen LogP contribution in [0.3, 0.4) is 0 Å². The van der Waals surface area contributed by atoms with Gasteiger partial charge in [-0.1, -0.05) is 19.1 Å². The van der Waals surface area contributed by atoms with Crippen molar-refractivity contribution in [3.05, 3.63) is 34.7 Å². The van der Waals surface area contributed by atoms with Crippen LogP contribution >= 0.6 is 11.3 Å². The molecule has 108 valence electrons. The van der Waals surface area contributed by atoms with Gasteiger partial charge in [-0.2, -0.15) is 0 Å². The summed E-state index contributed by atoms with van der Waals surface area (Å²) < 4.78 is 5.39. The Kier molecular flexibility index (Phi) is 5.56. The summed E-state index contributed by atoms with van der Waals surface area (Å²) in [4.78, 5) is 4.71. The Bertz CT molecular complexity index is 539. The van der Waals surface area contributed by atoms with Gasteiger partial charge in [0.25, 0.3) is 0 Å². The Labute approximate surface area is 125 Å². The number of ether oxygens (including phenoxy) is 1. The fourth-order valence-corrected chi connectivity index (χ4v) is 2.77. The van der Waals surface area contributed by atoms with E-state index in [0.717, 1.165) is 36.4 Å². The summed E-state index contributed by atoms with van der Waals surface area (Å²) in [5.74, 6) is 0.877. The normalized spacial score (nSPS) is 12.3. The molecule has 0 aliphatic rings. The van der Waals surface area contributed by atoms with Gasteiger partial charge in [-0.25, -0.2) is 4.98 Å². The van der Waals surface area contributed by atoms with Gasteiger partial charge in [0.2, 0.25) is 0 Å². The molecular weight excluding hydrogens is 268 g/mol. The lowest BCUT2D eigenvalue weighted by atomic mass is 10.1. The van der Waals surface area contributed by atoms with Crippen molar-refractivity contribution in [2.45, 2.75) is 32.7 Å². The monoisotopic (exact) mass is 290 g/mol. The van der Waals surface area contributed by atoms with Crippen LogP contribution in [0.2, 0.25) is 0 Å². The van der Waals surface area contributed by atoms with Gasteiger partial charge in [0.05, 0.1) is 17.8 Å². The number of benzene rings is 1. The third-order valence-electron chi connectivity index (χ3n) is 3.38. The minimum Gasteiger partial charge on any atom is -0.496 e. The molecule has 1 unspecified atom stereocenters. The highest BCUT2D eigenvalue weighted by molar-refractivity contribution is 7.09. The second kappa shape index (κ2) is 7.41. The van der Waals surface area contributed by atoms with Crippen LogP contribution in [0.1, 0.15) is 25.3 Å². The molecule has 0 spiro atoms. The molecule has 1 heterocycles. The molecule has 0 aliphatic heterocycles. The first-order valence-corrected chi connectivity index (χ1v) is 7.93. The van der Waals surface area contributed by atoms with Crippen molar-refractivity contribution in [2.75, 3.05) is 13.7 Å². The van der Waals surface area contributed by atoms with Crippen LogP contribution in [0.5, 0.6) is 5.75 Å². The molecule has 4 heteroatoms. The maximum atomic E-state index is 5.39. The van der Waals surface area contributed by atoms with E-state index in [1.54, 1.807) is 18.4 Å². The van der Waals surface area contributed by atoms with Crippen LogP contribution < -0.4 is 10.1 Å². The zero-order chi connectivity index (χ0) is 14.4. The smallest absolute Gasteiger partial charge is 0.128 e. The molecule has 1 aromatic carbocycles. The Morgan fingerprint density at radius 3 is 2.90 bits per heavy atom. The Morgan fingerprint density at radius 1 is 1.35 bits per heavy atom. The predicted molar refractivity (Wildman–Crippen MR) is 85.6 cm³/mol. The zero-order valence-corrected chi connectivity index (χ0v) is 13.2. The Hall–Kier alpha value is -1.39. The van der Waals surface area contributed by atoms with Crippen LogP contribution in [0.4, 0.5) is 0 Å². The average Bonchev–Trinajstić information content (AvgIpc) is 2.95. The third kappa shape index (κ3) is 3.81. The number of nitrogens with zero attached hydrogens (tertiary/aromatic N) is 1. The second-order valence-corrected chi connectivity index (χ2v) is 5.78. The van der Waals surface area contributed by atoms with Gasteiger partial charge in [0.1, 0.15) is 5.75 Å². The molecule has 2 aromatic rings. The van der Waals surface area contributed by atoms with E-state index in [0.29, 0.717) is 6.04 Å². The maximum Gasteiger partial charge on any atom is 0.128 e. The summed E-state index contributed by atoms with van der Waals surface area (Å²) in [6, 6.07) is 8.59. The van der Waals surface area contributed by atoms with E-state index in [2.05, 4.69) is 30.6 Å². The molecule has 1 aromatic heterocycles. The van der Waals surface area contributed by atoms with Crippen molar-refractivity contribution < 1.29 is 4.74 Å². The lowest BCUT2D eigenvalue weighted by Crippen LogP contribution is -2.27. The fourth-order valence-electron chi connectivity index (χ4n) is 1.98. The standard InChI is InChI=1S/C16H22N2OS/c1-4-12(2)17-10-9-16-18-14(11-20-16)13-7-5-6-8-15(13)19-3/h5-8,11-12,17H,4,9-10H2,1-3H3.